The summed E-state index contributed by atoms with van der Waals surface area (Å²) in [6.45, 7) is 4.18. The van der Waals surface area contributed by atoms with Crippen LogP contribution in [0.4, 0.5) is 0 Å². The zero-order valence-electron chi connectivity index (χ0n) is 13.4. The molecule has 1 fully saturated rings. The molecule has 124 valence electrons. The number of aliphatic hydroxyl groups excluding tert-OH is 1. The van der Waals surface area contributed by atoms with Gasteiger partial charge in [0.1, 0.15) is 5.75 Å². The third kappa shape index (κ3) is 4.00. The third-order valence-corrected chi connectivity index (χ3v) is 5.89. The minimum absolute atomic E-state index is 0.123. The molecule has 22 heavy (non-hydrogen) atoms. The Morgan fingerprint density at radius 2 is 2.14 bits per heavy atom. The molecule has 5 nitrogen and oxygen atoms in total. The Labute approximate surface area is 133 Å². The highest BCUT2D eigenvalue weighted by molar-refractivity contribution is 7.89. The van der Waals surface area contributed by atoms with E-state index < -0.39 is 16.1 Å². The van der Waals surface area contributed by atoms with Gasteiger partial charge < -0.3 is 9.84 Å². The van der Waals surface area contributed by atoms with Crippen LogP contribution in [0.2, 0.25) is 0 Å². The SMILES string of the molecule is COc1cccc([C@H]2C[C@@H](O)CN2S(=O)(=O)CCC(C)C)c1. The summed E-state index contributed by atoms with van der Waals surface area (Å²) in [4.78, 5) is 0. The van der Waals surface area contributed by atoms with E-state index in [-0.39, 0.29) is 18.3 Å². The second kappa shape index (κ2) is 6.98. The predicted octanol–water partition coefficient (Wildman–Crippen LogP) is 2.18. The lowest BCUT2D eigenvalue weighted by Crippen LogP contribution is -2.34. The van der Waals surface area contributed by atoms with Gasteiger partial charge in [-0.15, -0.1) is 0 Å². The summed E-state index contributed by atoms with van der Waals surface area (Å²) in [5.74, 6) is 1.15. The molecule has 0 aliphatic carbocycles. The van der Waals surface area contributed by atoms with E-state index in [4.69, 9.17) is 4.74 Å². The van der Waals surface area contributed by atoms with Crippen LogP contribution >= 0.6 is 0 Å². The number of sulfonamides is 1. The van der Waals surface area contributed by atoms with Gasteiger partial charge in [-0.25, -0.2) is 8.42 Å². The summed E-state index contributed by atoms with van der Waals surface area (Å²) in [5.41, 5.74) is 0.865. The van der Waals surface area contributed by atoms with E-state index in [9.17, 15) is 13.5 Å². The maximum atomic E-state index is 12.6. The van der Waals surface area contributed by atoms with E-state index in [0.717, 1.165) is 5.56 Å². The van der Waals surface area contributed by atoms with Crippen molar-refractivity contribution in [1.29, 1.82) is 0 Å². The lowest BCUT2D eigenvalue weighted by atomic mass is 10.0. The molecule has 0 unspecified atom stereocenters. The number of benzene rings is 1. The minimum atomic E-state index is -3.37. The smallest absolute Gasteiger partial charge is 0.214 e. The number of aliphatic hydroxyl groups is 1. The highest BCUT2D eigenvalue weighted by atomic mass is 32.2. The molecular formula is C16H25NO4S. The topological polar surface area (TPSA) is 66.8 Å². The van der Waals surface area contributed by atoms with Gasteiger partial charge in [-0.3, -0.25) is 0 Å². The zero-order valence-corrected chi connectivity index (χ0v) is 14.2. The van der Waals surface area contributed by atoms with E-state index in [0.29, 0.717) is 24.5 Å². The van der Waals surface area contributed by atoms with Crippen LogP contribution in [0, 0.1) is 5.92 Å². The molecule has 1 N–H and O–H groups in total. The van der Waals surface area contributed by atoms with Crippen LogP contribution in [0.15, 0.2) is 24.3 Å². The molecule has 0 saturated carbocycles. The second-order valence-corrected chi connectivity index (χ2v) is 8.29. The summed E-state index contributed by atoms with van der Waals surface area (Å²) in [6.07, 6.45) is 0.429. The Bertz CT molecular complexity index is 600. The molecule has 1 aromatic rings. The van der Waals surface area contributed by atoms with Crippen LogP contribution in [0.25, 0.3) is 0 Å². The monoisotopic (exact) mass is 327 g/mol. The van der Waals surface area contributed by atoms with Gasteiger partial charge in [0.2, 0.25) is 10.0 Å². The number of ether oxygens (including phenoxy) is 1. The molecule has 0 amide bonds. The van der Waals surface area contributed by atoms with Crippen molar-refractivity contribution in [3.8, 4) is 5.75 Å². The first-order valence-electron chi connectivity index (χ1n) is 7.65. The van der Waals surface area contributed by atoms with Crippen LogP contribution in [-0.2, 0) is 10.0 Å². The van der Waals surface area contributed by atoms with Crippen molar-refractivity contribution in [1.82, 2.24) is 4.31 Å². The highest BCUT2D eigenvalue weighted by Gasteiger charge is 2.39. The average molecular weight is 327 g/mol. The Morgan fingerprint density at radius 1 is 1.41 bits per heavy atom. The Morgan fingerprint density at radius 3 is 2.77 bits per heavy atom. The molecular weight excluding hydrogens is 302 g/mol. The highest BCUT2D eigenvalue weighted by Crippen LogP contribution is 2.36. The Kier molecular flexibility index (Phi) is 5.47. The van der Waals surface area contributed by atoms with Crippen molar-refractivity contribution >= 4 is 10.0 Å². The fourth-order valence-electron chi connectivity index (χ4n) is 2.75. The lowest BCUT2D eigenvalue weighted by Gasteiger charge is -2.24. The van der Waals surface area contributed by atoms with E-state index in [1.807, 2.05) is 38.1 Å². The first-order chi connectivity index (χ1) is 10.3. The van der Waals surface area contributed by atoms with Crippen molar-refractivity contribution in [2.75, 3.05) is 19.4 Å². The molecule has 1 aliphatic heterocycles. The van der Waals surface area contributed by atoms with Crippen molar-refractivity contribution in [2.24, 2.45) is 5.92 Å². The van der Waals surface area contributed by atoms with Gasteiger partial charge in [0, 0.05) is 6.54 Å². The number of β-amino-alcohol motifs (C(OH)–C–C–N with tert-alkyl or cyclic N) is 1. The lowest BCUT2D eigenvalue weighted by molar-refractivity contribution is 0.188. The molecule has 0 bridgehead atoms. The van der Waals surface area contributed by atoms with E-state index >= 15 is 0 Å². The summed E-state index contributed by atoms with van der Waals surface area (Å²) in [7, 11) is -1.79. The van der Waals surface area contributed by atoms with Crippen molar-refractivity contribution in [2.45, 2.75) is 38.8 Å². The van der Waals surface area contributed by atoms with Gasteiger partial charge in [-0.1, -0.05) is 26.0 Å². The number of rotatable bonds is 6. The van der Waals surface area contributed by atoms with Crippen molar-refractivity contribution < 1.29 is 18.3 Å². The molecule has 1 aliphatic rings. The summed E-state index contributed by atoms with van der Waals surface area (Å²) in [5, 5.41) is 9.96. The largest absolute Gasteiger partial charge is 0.497 e. The van der Waals surface area contributed by atoms with Crippen LogP contribution in [0.5, 0.6) is 5.75 Å². The number of nitrogens with zero attached hydrogens (tertiary/aromatic N) is 1. The van der Waals surface area contributed by atoms with E-state index in [1.54, 1.807) is 7.11 Å². The van der Waals surface area contributed by atoms with Gasteiger partial charge in [0.05, 0.1) is 25.0 Å². The van der Waals surface area contributed by atoms with Gasteiger partial charge in [0.25, 0.3) is 0 Å². The fraction of sp³-hybridized carbons (Fsp3) is 0.625. The molecule has 0 aromatic heterocycles. The molecule has 6 heteroatoms. The van der Waals surface area contributed by atoms with Gasteiger partial charge in [-0.2, -0.15) is 4.31 Å². The first kappa shape index (κ1) is 17.2. The van der Waals surface area contributed by atoms with Gasteiger partial charge >= 0.3 is 0 Å². The first-order valence-corrected chi connectivity index (χ1v) is 9.26. The summed E-state index contributed by atoms with van der Waals surface area (Å²) in [6, 6.07) is 7.08. The van der Waals surface area contributed by atoms with E-state index in [1.165, 1.54) is 4.31 Å². The third-order valence-electron chi connectivity index (χ3n) is 4.02. The number of methoxy groups -OCH3 is 1. The molecule has 1 aromatic carbocycles. The van der Waals surface area contributed by atoms with E-state index in [2.05, 4.69) is 0 Å². The van der Waals surface area contributed by atoms with Crippen LogP contribution in [0.1, 0.15) is 38.3 Å². The zero-order chi connectivity index (χ0) is 16.3. The number of hydrogen-bond donors (Lipinski definition) is 1. The quantitative estimate of drug-likeness (QED) is 0.869. The fourth-order valence-corrected chi connectivity index (χ4v) is 4.74. The van der Waals surface area contributed by atoms with Gasteiger partial charge in [-0.05, 0) is 36.5 Å². The van der Waals surface area contributed by atoms with Crippen molar-refractivity contribution in [3.63, 3.8) is 0 Å². The second-order valence-electron chi connectivity index (χ2n) is 6.25. The average Bonchev–Trinajstić information content (AvgIpc) is 2.88. The molecule has 0 spiro atoms. The maximum absolute atomic E-state index is 12.6. The normalized spacial score (nSPS) is 23.1. The minimum Gasteiger partial charge on any atom is -0.497 e. The summed E-state index contributed by atoms with van der Waals surface area (Å²) >= 11 is 0. The number of hydrogen-bond acceptors (Lipinski definition) is 4. The Hall–Kier alpha value is -1.11. The van der Waals surface area contributed by atoms with Gasteiger partial charge in [0.15, 0.2) is 0 Å². The van der Waals surface area contributed by atoms with Crippen molar-refractivity contribution in [3.05, 3.63) is 29.8 Å². The summed E-state index contributed by atoms with van der Waals surface area (Å²) < 4.78 is 31.9. The van der Waals surface area contributed by atoms with Crippen LogP contribution in [-0.4, -0.2) is 43.3 Å². The van der Waals surface area contributed by atoms with Crippen LogP contribution in [0.3, 0.4) is 0 Å². The standard InChI is InChI=1S/C16H25NO4S/c1-12(2)7-8-22(19,20)17-11-14(18)10-16(17)13-5-4-6-15(9-13)21-3/h4-6,9,12,14,16,18H,7-8,10-11H2,1-3H3/t14-,16-/m1/s1. The molecule has 0 radical (unpaired) electrons. The Balaban J connectivity index is 2.25. The van der Waals surface area contributed by atoms with Crippen LogP contribution < -0.4 is 4.74 Å². The molecule has 2 rings (SSSR count). The molecule has 2 atom stereocenters. The molecule has 1 saturated heterocycles. The predicted molar refractivity (Wildman–Crippen MR) is 86.3 cm³/mol. The maximum Gasteiger partial charge on any atom is 0.214 e. The molecule has 1 heterocycles.